The van der Waals surface area contributed by atoms with Crippen LogP contribution in [0.3, 0.4) is 0 Å². The quantitative estimate of drug-likeness (QED) is 0.451. The van der Waals surface area contributed by atoms with Crippen molar-refractivity contribution in [2.24, 2.45) is 0 Å². The Morgan fingerprint density at radius 1 is 1.71 bits per heavy atom. The fourth-order valence-corrected chi connectivity index (χ4v) is 1.58. The van der Waals surface area contributed by atoms with Crippen molar-refractivity contribution >= 4 is 23.7 Å². The van der Waals surface area contributed by atoms with Crippen molar-refractivity contribution in [3.8, 4) is 0 Å². The smallest absolute Gasteiger partial charge is 0.316 e. The number of anilines is 1. The average Bonchev–Trinajstić information content (AvgIpc) is 2.19. The first-order chi connectivity index (χ1) is 6.63. The van der Waals surface area contributed by atoms with Crippen molar-refractivity contribution in [1.82, 2.24) is 9.97 Å². The molecule has 0 atom stereocenters. The van der Waals surface area contributed by atoms with Crippen LogP contribution in [0.4, 0.5) is 5.95 Å². The zero-order chi connectivity index (χ0) is 10.6. The minimum absolute atomic E-state index is 0.211. The first-order valence-electron chi connectivity index (χ1n) is 3.92. The molecule has 0 aliphatic heterocycles. The lowest BCUT2D eigenvalue weighted by Gasteiger charge is -2.03. The SMILES string of the molecule is COC(=O)CSc1nc(N)ncc1C. The zero-order valence-corrected chi connectivity index (χ0v) is 8.80. The molecule has 0 saturated carbocycles. The molecule has 0 unspecified atom stereocenters. The number of carbonyl (C=O) groups is 1. The maximum atomic E-state index is 10.9. The van der Waals surface area contributed by atoms with E-state index in [1.165, 1.54) is 18.9 Å². The van der Waals surface area contributed by atoms with Gasteiger partial charge in [0, 0.05) is 6.20 Å². The van der Waals surface area contributed by atoms with E-state index in [0.717, 1.165) is 5.56 Å². The molecular weight excluding hydrogens is 202 g/mol. The van der Waals surface area contributed by atoms with Gasteiger partial charge in [-0.1, -0.05) is 11.8 Å². The van der Waals surface area contributed by atoms with E-state index >= 15 is 0 Å². The van der Waals surface area contributed by atoms with Crippen molar-refractivity contribution in [1.29, 1.82) is 0 Å². The standard InChI is InChI=1S/C8H11N3O2S/c1-5-3-10-8(9)11-7(5)14-4-6(12)13-2/h3H,4H2,1-2H3,(H2,9,10,11). The van der Waals surface area contributed by atoms with Crippen molar-refractivity contribution in [2.75, 3.05) is 18.6 Å². The fourth-order valence-electron chi connectivity index (χ4n) is 0.772. The highest BCUT2D eigenvalue weighted by Gasteiger charge is 2.06. The summed E-state index contributed by atoms with van der Waals surface area (Å²) in [7, 11) is 1.35. The normalized spacial score (nSPS) is 9.86. The van der Waals surface area contributed by atoms with Crippen molar-refractivity contribution < 1.29 is 9.53 Å². The van der Waals surface area contributed by atoms with Crippen molar-refractivity contribution in [2.45, 2.75) is 11.9 Å². The molecule has 0 fully saturated rings. The van der Waals surface area contributed by atoms with Crippen LogP contribution in [0.15, 0.2) is 11.2 Å². The Labute approximate surface area is 86.1 Å². The van der Waals surface area contributed by atoms with Crippen LogP contribution in [0.1, 0.15) is 5.56 Å². The van der Waals surface area contributed by atoms with E-state index in [9.17, 15) is 4.79 Å². The lowest BCUT2D eigenvalue weighted by molar-refractivity contribution is -0.137. The number of esters is 1. The molecule has 1 heterocycles. The lowest BCUT2D eigenvalue weighted by Crippen LogP contribution is -2.04. The first-order valence-corrected chi connectivity index (χ1v) is 4.90. The van der Waals surface area contributed by atoms with Crippen LogP contribution in [-0.2, 0) is 9.53 Å². The highest BCUT2D eigenvalue weighted by molar-refractivity contribution is 7.99. The van der Waals surface area contributed by atoms with Crippen molar-refractivity contribution in [3.63, 3.8) is 0 Å². The summed E-state index contributed by atoms with van der Waals surface area (Å²) in [6.07, 6.45) is 1.63. The van der Waals surface area contributed by atoms with Gasteiger partial charge in [0.05, 0.1) is 12.9 Å². The molecule has 1 aromatic heterocycles. The fraction of sp³-hybridized carbons (Fsp3) is 0.375. The second-order valence-corrected chi connectivity index (χ2v) is 3.55. The predicted molar refractivity (Wildman–Crippen MR) is 53.9 cm³/mol. The van der Waals surface area contributed by atoms with Crippen LogP contribution in [0.2, 0.25) is 0 Å². The van der Waals surface area contributed by atoms with Crippen LogP contribution in [0.25, 0.3) is 0 Å². The molecule has 76 valence electrons. The Morgan fingerprint density at radius 3 is 3.07 bits per heavy atom. The summed E-state index contributed by atoms with van der Waals surface area (Å²) in [5.74, 6) is 0.155. The monoisotopic (exact) mass is 213 g/mol. The number of methoxy groups -OCH3 is 1. The number of thioether (sulfide) groups is 1. The third kappa shape index (κ3) is 2.88. The first kappa shape index (κ1) is 10.8. The van der Waals surface area contributed by atoms with Crippen LogP contribution < -0.4 is 5.73 Å². The minimum atomic E-state index is -0.286. The molecule has 0 spiro atoms. The van der Waals surface area contributed by atoms with Gasteiger partial charge in [-0.15, -0.1) is 0 Å². The van der Waals surface area contributed by atoms with Gasteiger partial charge in [-0.05, 0) is 12.5 Å². The Hall–Kier alpha value is -1.30. The van der Waals surface area contributed by atoms with Crippen LogP contribution in [0, 0.1) is 6.92 Å². The molecule has 6 heteroatoms. The van der Waals surface area contributed by atoms with Gasteiger partial charge in [-0.2, -0.15) is 0 Å². The lowest BCUT2D eigenvalue weighted by atomic mass is 10.4. The predicted octanol–water partition coefficient (Wildman–Crippen LogP) is 0.632. The Morgan fingerprint density at radius 2 is 2.43 bits per heavy atom. The number of nitrogens with zero attached hydrogens (tertiary/aromatic N) is 2. The molecule has 2 N–H and O–H groups in total. The highest BCUT2D eigenvalue weighted by Crippen LogP contribution is 2.19. The van der Waals surface area contributed by atoms with Crippen LogP contribution in [-0.4, -0.2) is 28.8 Å². The number of ether oxygens (including phenoxy) is 1. The zero-order valence-electron chi connectivity index (χ0n) is 7.98. The molecule has 1 rings (SSSR count). The molecule has 1 aromatic rings. The molecule has 0 radical (unpaired) electrons. The number of hydrogen-bond acceptors (Lipinski definition) is 6. The molecule has 0 aliphatic rings. The number of nitrogen functional groups attached to an aromatic ring is 1. The molecule has 14 heavy (non-hydrogen) atoms. The van der Waals surface area contributed by atoms with Gasteiger partial charge < -0.3 is 10.5 Å². The topological polar surface area (TPSA) is 78.1 Å². The molecule has 0 aromatic carbocycles. The summed E-state index contributed by atoms with van der Waals surface area (Å²) in [5.41, 5.74) is 6.31. The number of hydrogen-bond donors (Lipinski definition) is 1. The molecule has 0 aliphatic carbocycles. The number of nitrogens with two attached hydrogens (primary N) is 1. The molecule has 0 saturated heterocycles. The van der Waals surface area contributed by atoms with Gasteiger partial charge in [0.15, 0.2) is 0 Å². The molecular formula is C8H11N3O2S. The summed E-state index contributed by atoms with van der Waals surface area (Å²) >= 11 is 1.29. The molecule has 5 nitrogen and oxygen atoms in total. The van der Waals surface area contributed by atoms with E-state index in [4.69, 9.17) is 5.73 Å². The summed E-state index contributed by atoms with van der Waals surface area (Å²) in [5, 5.41) is 0.711. The highest BCUT2D eigenvalue weighted by atomic mass is 32.2. The van der Waals surface area contributed by atoms with Gasteiger partial charge in [0.2, 0.25) is 5.95 Å². The summed E-state index contributed by atoms with van der Waals surface area (Å²) in [6, 6.07) is 0. The molecule has 0 amide bonds. The van der Waals surface area contributed by atoms with E-state index in [0.29, 0.717) is 5.03 Å². The number of rotatable bonds is 3. The summed E-state index contributed by atoms with van der Waals surface area (Å²) in [4.78, 5) is 18.7. The van der Waals surface area contributed by atoms with E-state index < -0.39 is 0 Å². The third-order valence-electron chi connectivity index (χ3n) is 1.50. The number of aryl methyl sites for hydroxylation is 1. The second kappa shape index (κ2) is 4.80. The van der Waals surface area contributed by atoms with Gasteiger partial charge >= 0.3 is 5.97 Å². The maximum Gasteiger partial charge on any atom is 0.316 e. The van der Waals surface area contributed by atoms with Gasteiger partial charge in [0.1, 0.15) is 5.03 Å². The van der Waals surface area contributed by atoms with E-state index in [2.05, 4.69) is 14.7 Å². The van der Waals surface area contributed by atoms with Gasteiger partial charge in [-0.3, -0.25) is 4.79 Å². The Balaban J connectivity index is 2.66. The van der Waals surface area contributed by atoms with E-state index in [1.807, 2.05) is 6.92 Å². The second-order valence-electron chi connectivity index (χ2n) is 2.58. The Kier molecular flexibility index (Phi) is 3.70. The minimum Gasteiger partial charge on any atom is -0.468 e. The van der Waals surface area contributed by atoms with E-state index in [1.54, 1.807) is 6.20 Å². The van der Waals surface area contributed by atoms with Gasteiger partial charge in [0.25, 0.3) is 0 Å². The van der Waals surface area contributed by atoms with Crippen molar-refractivity contribution in [3.05, 3.63) is 11.8 Å². The van der Waals surface area contributed by atoms with Gasteiger partial charge in [-0.25, -0.2) is 9.97 Å². The number of carbonyl (C=O) groups excluding carboxylic acids is 1. The number of aromatic nitrogens is 2. The maximum absolute atomic E-state index is 10.9. The van der Waals surface area contributed by atoms with Crippen LogP contribution in [0.5, 0.6) is 0 Å². The molecule has 0 bridgehead atoms. The third-order valence-corrected chi connectivity index (χ3v) is 2.57. The Bertz CT molecular complexity index is 343. The van der Waals surface area contributed by atoms with E-state index in [-0.39, 0.29) is 17.7 Å². The largest absolute Gasteiger partial charge is 0.468 e. The summed E-state index contributed by atoms with van der Waals surface area (Å²) in [6.45, 7) is 1.86. The van der Waals surface area contributed by atoms with Crippen LogP contribution >= 0.6 is 11.8 Å². The average molecular weight is 213 g/mol. The summed E-state index contributed by atoms with van der Waals surface area (Å²) < 4.78 is 4.51.